The van der Waals surface area contributed by atoms with Gasteiger partial charge in [-0.1, -0.05) is 6.07 Å². The van der Waals surface area contributed by atoms with Crippen molar-refractivity contribution < 1.29 is 28.6 Å². The van der Waals surface area contributed by atoms with Gasteiger partial charge in [0.1, 0.15) is 5.54 Å². The summed E-state index contributed by atoms with van der Waals surface area (Å²) in [5.41, 5.74) is 0.112. The van der Waals surface area contributed by atoms with Crippen molar-refractivity contribution in [3.8, 4) is 11.5 Å². The van der Waals surface area contributed by atoms with E-state index in [9.17, 15) is 14.4 Å². The number of imide groups is 1. The molecule has 33 heavy (non-hydrogen) atoms. The summed E-state index contributed by atoms with van der Waals surface area (Å²) in [5.74, 6) is 0.888. The Morgan fingerprint density at radius 2 is 1.88 bits per heavy atom. The molecular formula is C23H34N4O6. The molecule has 1 aromatic carbocycles. The number of nitrogens with zero attached hydrogens (tertiary/aromatic N) is 2. The lowest BCUT2D eigenvalue weighted by Crippen LogP contribution is -2.44. The zero-order valence-electron chi connectivity index (χ0n) is 19.8. The fourth-order valence-corrected chi connectivity index (χ4v) is 4.12. The lowest BCUT2D eigenvalue weighted by atomic mass is 10.0. The Hall–Kier alpha value is -2.85. The summed E-state index contributed by atoms with van der Waals surface area (Å²) in [4.78, 5) is 40.2. The van der Waals surface area contributed by atoms with E-state index in [2.05, 4.69) is 15.5 Å². The number of carbonyl (C=O) groups excluding carboxylic acids is 3. The van der Waals surface area contributed by atoms with Gasteiger partial charge >= 0.3 is 6.03 Å². The summed E-state index contributed by atoms with van der Waals surface area (Å²) in [7, 11) is 3.19. The van der Waals surface area contributed by atoms with Crippen LogP contribution in [0.1, 0.15) is 38.3 Å². The van der Waals surface area contributed by atoms with Gasteiger partial charge in [0.25, 0.3) is 5.91 Å². The highest BCUT2D eigenvalue weighted by atomic mass is 16.5. The number of amides is 4. The standard InChI is InChI=1S/C23H34N4O6/c1-23(2)21(29)27(22(30)25-23)9-5-6-20(28)24-15-17(26-10-12-33-13-11-26)16-7-8-18(31-3)19(14-16)32-4/h7-8,14,17H,5-6,9-13,15H2,1-4H3,(H,24,28)(H,25,30). The van der Waals surface area contributed by atoms with Crippen molar-refractivity contribution in [1.29, 1.82) is 0 Å². The quantitative estimate of drug-likeness (QED) is 0.505. The first-order valence-electron chi connectivity index (χ1n) is 11.2. The Morgan fingerprint density at radius 3 is 2.48 bits per heavy atom. The van der Waals surface area contributed by atoms with Crippen molar-refractivity contribution in [2.75, 3.05) is 53.6 Å². The minimum atomic E-state index is -0.899. The Balaban J connectivity index is 1.58. The summed E-state index contributed by atoms with van der Waals surface area (Å²) in [6.45, 7) is 6.77. The summed E-state index contributed by atoms with van der Waals surface area (Å²) in [6, 6.07) is 5.32. The van der Waals surface area contributed by atoms with Gasteiger partial charge in [0, 0.05) is 32.6 Å². The van der Waals surface area contributed by atoms with E-state index in [1.807, 2.05) is 18.2 Å². The molecule has 10 heteroatoms. The van der Waals surface area contributed by atoms with E-state index in [1.54, 1.807) is 28.1 Å². The molecule has 0 spiro atoms. The second-order valence-electron chi connectivity index (χ2n) is 8.70. The van der Waals surface area contributed by atoms with Crippen molar-refractivity contribution in [3.05, 3.63) is 23.8 Å². The first-order valence-corrected chi connectivity index (χ1v) is 11.2. The van der Waals surface area contributed by atoms with E-state index in [1.165, 1.54) is 4.90 Å². The number of ether oxygens (including phenoxy) is 3. The lowest BCUT2D eigenvalue weighted by molar-refractivity contribution is -0.130. The number of hydrogen-bond acceptors (Lipinski definition) is 7. The Morgan fingerprint density at radius 1 is 1.18 bits per heavy atom. The molecule has 2 fully saturated rings. The van der Waals surface area contributed by atoms with Crippen LogP contribution in [0, 0.1) is 0 Å². The van der Waals surface area contributed by atoms with Crippen molar-refractivity contribution in [1.82, 2.24) is 20.4 Å². The van der Waals surface area contributed by atoms with Crippen LogP contribution in [-0.2, 0) is 14.3 Å². The zero-order valence-corrected chi connectivity index (χ0v) is 19.8. The smallest absolute Gasteiger partial charge is 0.325 e. The van der Waals surface area contributed by atoms with Crippen molar-refractivity contribution in [3.63, 3.8) is 0 Å². The third kappa shape index (κ3) is 5.94. The minimum absolute atomic E-state index is 0.0515. The van der Waals surface area contributed by atoms with Crippen LogP contribution in [0.5, 0.6) is 11.5 Å². The first kappa shape index (κ1) is 24.8. The highest BCUT2D eigenvalue weighted by molar-refractivity contribution is 6.06. The van der Waals surface area contributed by atoms with Gasteiger partial charge in [0.2, 0.25) is 5.91 Å². The summed E-state index contributed by atoms with van der Waals surface area (Å²) >= 11 is 0. The zero-order chi connectivity index (χ0) is 24.0. The predicted molar refractivity (Wildman–Crippen MR) is 121 cm³/mol. The molecule has 2 aliphatic heterocycles. The maximum atomic E-state index is 12.5. The number of rotatable bonds is 10. The SMILES string of the molecule is COc1ccc(C(CNC(=O)CCCN2C(=O)NC(C)(C)C2=O)N2CCOCC2)cc1OC. The van der Waals surface area contributed by atoms with E-state index < -0.39 is 11.6 Å². The number of urea groups is 1. The van der Waals surface area contributed by atoms with Crippen LogP contribution in [0.3, 0.4) is 0 Å². The van der Waals surface area contributed by atoms with Crippen LogP contribution >= 0.6 is 0 Å². The molecule has 3 rings (SSSR count). The molecule has 2 aliphatic rings. The highest BCUT2D eigenvalue weighted by Gasteiger charge is 2.43. The van der Waals surface area contributed by atoms with Crippen molar-refractivity contribution in [2.45, 2.75) is 38.3 Å². The molecule has 0 saturated carbocycles. The Labute approximate surface area is 194 Å². The van der Waals surface area contributed by atoms with E-state index in [-0.39, 0.29) is 30.8 Å². The van der Waals surface area contributed by atoms with Gasteiger partial charge in [-0.2, -0.15) is 0 Å². The average Bonchev–Trinajstić information content (AvgIpc) is 3.01. The van der Waals surface area contributed by atoms with Gasteiger partial charge in [-0.25, -0.2) is 4.79 Å². The molecule has 0 radical (unpaired) electrons. The van der Waals surface area contributed by atoms with Gasteiger partial charge in [0.15, 0.2) is 11.5 Å². The molecule has 182 valence electrons. The fourth-order valence-electron chi connectivity index (χ4n) is 4.12. The van der Waals surface area contributed by atoms with Gasteiger partial charge in [-0.15, -0.1) is 0 Å². The third-order valence-corrected chi connectivity index (χ3v) is 6.00. The summed E-state index contributed by atoms with van der Waals surface area (Å²) < 4.78 is 16.3. The van der Waals surface area contributed by atoms with Gasteiger partial charge in [-0.3, -0.25) is 19.4 Å². The second kappa shape index (κ2) is 10.8. The van der Waals surface area contributed by atoms with Crippen LogP contribution in [0.15, 0.2) is 18.2 Å². The summed E-state index contributed by atoms with van der Waals surface area (Å²) in [6.07, 6.45) is 0.624. The predicted octanol–water partition coefficient (Wildman–Crippen LogP) is 1.30. The van der Waals surface area contributed by atoms with Gasteiger partial charge < -0.3 is 24.8 Å². The molecular weight excluding hydrogens is 428 g/mol. The average molecular weight is 463 g/mol. The first-order chi connectivity index (χ1) is 15.8. The van der Waals surface area contributed by atoms with E-state index in [0.717, 1.165) is 18.7 Å². The summed E-state index contributed by atoms with van der Waals surface area (Å²) in [5, 5.41) is 5.66. The molecule has 2 heterocycles. The largest absolute Gasteiger partial charge is 0.493 e. The number of methoxy groups -OCH3 is 2. The minimum Gasteiger partial charge on any atom is -0.493 e. The molecule has 1 atom stereocenters. The van der Waals surface area contributed by atoms with E-state index >= 15 is 0 Å². The number of morpholine rings is 1. The van der Waals surface area contributed by atoms with Crippen LogP contribution in [-0.4, -0.2) is 86.8 Å². The monoisotopic (exact) mass is 462 g/mol. The molecule has 10 nitrogen and oxygen atoms in total. The molecule has 2 N–H and O–H groups in total. The second-order valence-corrected chi connectivity index (χ2v) is 8.70. The Kier molecular flexibility index (Phi) is 8.15. The Bertz CT molecular complexity index is 869. The van der Waals surface area contributed by atoms with Crippen molar-refractivity contribution in [2.24, 2.45) is 0 Å². The van der Waals surface area contributed by atoms with Crippen molar-refractivity contribution >= 4 is 17.8 Å². The van der Waals surface area contributed by atoms with E-state index in [0.29, 0.717) is 37.7 Å². The maximum absolute atomic E-state index is 12.5. The van der Waals surface area contributed by atoms with Crippen LogP contribution in [0.4, 0.5) is 4.79 Å². The van der Waals surface area contributed by atoms with Crippen LogP contribution in [0.25, 0.3) is 0 Å². The van der Waals surface area contributed by atoms with Gasteiger partial charge in [-0.05, 0) is 38.0 Å². The molecule has 2 saturated heterocycles. The lowest BCUT2D eigenvalue weighted by Gasteiger charge is -2.35. The van der Waals surface area contributed by atoms with E-state index in [4.69, 9.17) is 14.2 Å². The fraction of sp³-hybridized carbons (Fsp3) is 0.609. The normalized spacial score (nSPS) is 19.2. The molecule has 0 bridgehead atoms. The number of nitrogens with one attached hydrogen (secondary N) is 2. The number of hydrogen-bond donors (Lipinski definition) is 2. The topological polar surface area (TPSA) is 109 Å². The number of benzene rings is 1. The molecule has 1 aromatic rings. The van der Waals surface area contributed by atoms with Crippen LogP contribution in [0.2, 0.25) is 0 Å². The maximum Gasteiger partial charge on any atom is 0.325 e. The third-order valence-electron chi connectivity index (χ3n) is 6.00. The molecule has 1 unspecified atom stereocenters. The van der Waals surface area contributed by atoms with Crippen LogP contribution < -0.4 is 20.1 Å². The molecule has 0 aromatic heterocycles. The molecule has 4 amide bonds. The number of carbonyl (C=O) groups is 3. The highest BCUT2D eigenvalue weighted by Crippen LogP contribution is 2.32. The molecule has 0 aliphatic carbocycles. The van der Waals surface area contributed by atoms with Gasteiger partial charge in [0.05, 0.1) is 33.5 Å².